The average Bonchev–Trinajstić information content (AvgIpc) is 2.33. The van der Waals surface area contributed by atoms with Crippen molar-refractivity contribution in [2.24, 2.45) is 0 Å². The molecule has 0 spiro atoms. The van der Waals surface area contributed by atoms with E-state index in [9.17, 15) is 0 Å². The summed E-state index contributed by atoms with van der Waals surface area (Å²) in [6.45, 7) is 2.19. The van der Waals surface area contributed by atoms with Crippen LogP contribution in [0.5, 0.6) is 0 Å². The van der Waals surface area contributed by atoms with Gasteiger partial charge in [0.15, 0.2) is 0 Å². The van der Waals surface area contributed by atoms with E-state index >= 15 is 0 Å². The van der Waals surface area contributed by atoms with Gasteiger partial charge in [0.1, 0.15) is 0 Å². The van der Waals surface area contributed by atoms with E-state index in [1.165, 1.54) is 10.0 Å². The second-order valence-electron chi connectivity index (χ2n) is 2.97. The van der Waals surface area contributed by atoms with Crippen LogP contribution in [0.3, 0.4) is 0 Å². The molecular weight excluding hydrogens is 202 g/mol. The van der Waals surface area contributed by atoms with Crippen LogP contribution in [0.25, 0.3) is 0 Å². The summed E-state index contributed by atoms with van der Waals surface area (Å²) in [6, 6.07) is 6.78. The zero-order valence-corrected chi connectivity index (χ0v) is 8.72. The van der Waals surface area contributed by atoms with Crippen LogP contribution in [0.2, 0.25) is 0 Å². The molecule has 0 aromatic heterocycles. The lowest BCUT2D eigenvalue weighted by Crippen LogP contribution is -2.16. The maximum atomic E-state index is 3.51. The normalized spacial score (nSPS) is 13.9. The smallest absolute Gasteiger partial charge is 0.0126 e. The summed E-state index contributed by atoms with van der Waals surface area (Å²) in [4.78, 5) is 2.19. The van der Waals surface area contributed by atoms with Gasteiger partial charge in [0.25, 0.3) is 0 Å². The molecule has 0 radical (unpaired) electrons. The van der Waals surface area contributed by atoms with Crippen LogP contribution in [-0.4, -0.2) is 19.0 Å². The molecule has 1 atom stereocenters. The first kappa shape index (κ1) is 8.88. The molecular formula is C9H13BrN-. The molecule has 11 heavy (non-hydrogen) atoms. The third kappa shape index (κ3) is 1.88. The van der Waals surface area contributed by atoms with Crippen molar-refractivity contribution in [1.82, 2.24) is 4.90 Å². The highest BCUT2D eigenvalue weighted by Crippen LogP contribution is 2.26. The van der Waals surface area contributed by atoms with Crippen molar-refractivity contribution in [2.45, 2.75) is 13.0 Å². The van der Waals surface area contributed by atoms with Crippen LogP contribution < -0.4 is 0 Å². The molecule has 0 heterocycles. The van der Waals surface area contributed by atoms with E-state index in [0.29, 0.717) is 6.04 Å². The van der Waals surface area contributed by atoms with Crippen LogP contribution in [0.4, 0.5) is 0 Å². The Bertz CT molecular complexity index is 227. The van der Waals surface area contributed by atoms with Gasteiger partial charge in [-0.1, -0.05) is 27.3 Å². The fourth-order valence-electron chi connectivity index (χ4n) is 1.03. The second kappa shape index (κ2) is 3.46. The number of nitrogens with zero attached hydrogens (tertiary/aromatic N) is 1. The maximum absolute atomic E-state index is 3.51. The Morgan fingerprint density at radius 3 is 2.55 bits per heavy atom. The molecule has 62 valence electrons. The molecule has 0 amide bonds. The Kier molecular flexibility index (Phi) is 2.79. The highest BCUT2D eigenvalue weighted by molar-refractivity contribution is 9.10. The summed E-state index contributed by atoms with van der Waals surface area (Å²) in [6.07, 6.45) is 0. The van der Waals surface area contributed by atoms with Crippen LogP contribution in [0.1, 0.15) is 18.5 Å². The lowest BCUT2D eigenvalue weighted by Gasteiger charge is -2.23. The fourth-order valence-corrected chi connectivity index (χ4v) is 1.65. The summed E-state index contributed by atoms with van der Waals surface area (Å²) >= 11 is 3.51. The van der Waals surface area contributed by atoms with Crippen LogP contribution in [0.15, 0.2) is 22.7 Å². The van der Waals surface area contributed by atoms with Gasteiger partial charge < -0.3 is 4.90 Å². The Hall–Kier alpha value is -0.210. The second-order valence-corrected chi connectivity index (χ2v) is 3.82. The third-order valence-electron chi connectivity index (χ3n) is 2.02. The lowest BCUT2D eigenvalue weighted by atomic mass is 10.1. The van der Waals surface area contributed by atoms with Crippen molar-refractivity contribution in [3.63, 3.8) is 0 Å². The first-order valence-corrected chi connectivity index (χ1v) is 4.49. The average molecular weight is 215 g/mol. The van der Waals surface area contributed by atoms with Gasteiger partial charge in [-0.15, -0.1) is 5.56 Å². The van der Waals surface area contributed by atoms with Crippen LogP contribution >= 0.6 is 15.9 Å². The van der Waals surface area contributed by atoms with Gasteiger partial charge >= 0.3 is 0 Å². The SMILES string of the molecule is C[C@@H]([c-]1cccc1Br)N(C)C. The number of rotatable bonds is 2. The van der Waals surface area contributed by atoms with E-state index < -0.39 is 0 Å². The standard InChI is InChI=1S/C9H13BrN/c1-7(11(2)3)8-5-4-6-9(8)10/h4-7H,1-3H3/q-1/t7-/m0/s1. The lowest BCUT2D eigenvalue weighted by molar-refractivity contribution is 0.321. The van der Waals surface area contributed by atoms with E-state index in [1.54, 1.807) is 0 Å². The molecule has 1 nitrogen and oxygen atoms in total. The predicted molar refractivity (Wildman–Crippen MR) is 51.8 cm³/mol. The van der Waals surface area contributed by atoms with E-state index in [1.807, 2.05) is 0 Å². The van der Waals surface area contributed by atoms with Crippen molar-refractivity contribution in [1.29, 1.82) is 0 Å². The molecule has 0 aliphatic rings. The Morgan fingerprint density at radius 1 is 1.55 bits per heavy atom. The van der Waals surface area contributed by atoms with Crippen molar-refractivity contribution in [3.05, 3.63) is 28.2 Å². The molecule has 0 unspecified atom stereocenters. The first-order chi connectivity index (χ1) is 5.13. The van der Waals surface area contributed by atoms with Gasteiger partial charge in [0.2, 0.25) is 0 Å². The molecule has 0 saturated heterocycles. The fraction of sp³-hybridized carbons (Fsp3) is 0.444. The molecule has 0 aliphatic carbocycles. The molecule has 2 heteroatoms. The summed E-state index contributed by atoms with van der Waals surface area (Å²) in [5.74, 6) is 0. The van der Waals surface area contributed by atoms with E-state index in [0.717, 1.165) is 0 Å². The Balaban J connectivity index is 2.84. The molecule has 1 rings (SSSR count). The zero-order valence-electron chi connectivity index (χ0n) is 7.13. The zero-order chi connectivity index (χ0) is 8.43. The van der Waals surface area contributed by atoms with Crippen LogP contribution in [0, 0.1) is 0 Å². The van der Waals surface area contributed by atoms with Gasteiger partial charge in [0.05, 0.1) is 0 Å². The highest BCUT2D eigenvalue weighted by atomic mass is 79.9. The molecule has 1 aromatic rings. The van der Waals surface area contributed by atoms with Gasteiger partial charge in [-0.25, -0.2) is 6.07 Å². The monoisotopic (exact) mass is 214 g/mol. The van der Waals surface area contributed by atoms with Crippen LogP contribution in [-0.2, 0) is 0 Å². The largest absolute Gasteiger partial charge is 0.314 e. The maximum Gasteiger partial charge on any atom is -0.0126 e. The first-order valence-electron chi connectivity index (χ1n) is 3.70. The molecule has 0 fully saturated rings. The van der Waals surface area contributed by atoms with Crippen molar-refractivity contribution in [2.75, 3.05) is 14.1 Å². The number of hydrogen-bond donors (Lipinski definition) is 0. The summed E-state index contributed by atoms with van der Waals surface area (Å²) in [5, 5.41) is 0. The number of hydrogen-bond acceptors (Lipinski definition) is 1. The Morgan fingerprint density at radius 2 is 2.18 bits per heavy atom. The molecule has 0 aliphatic heterocycles. The third-order valence-corrected chi connectivity index (χ3v) is 2.74. The minimum absolute atomic E-state index is 0.486. The summed E-state index contributed by atoms with van der Waals surface area (Å²) < 4.78 is 1.21. The van der Waals surface area contributed by atoms with E-state index in [2.05, 4.69) is 60.0 Å². The van der Waals surface area contributed by atoms with Crippen molar-refractivity contribution >= 4 is 15.9 Å². The Labute approximate surface area is 76.5 Å². The topological polar surface area (TPSA) is 3.24 Å². The van der Waals surface area contributed by atoms with Gasteiger partial charge in [-0.2, -0.15) is 12.1 Å². The number of halogens is 1. The molecule has 0 bridgehead atoms. The minimum Gasteiger partial charge on any atom is -0.314 e. The minimum atomic E-state index is 0.486. The molecule has 1 aromatic carbocycles. The van der Waals surface area contributed by atoms with Crippen molar-refractivity contribution in [3.8, 4) is 0 Å². The summed E-state index contributed by atoms with van der Waals surface area (Å²) in [7, 11) is 4.17. The van der Waals surface area contributed by atoms with Gasteiger partial charge in [0, 0.05) is 0 Å². The van der Waals surface area contributed by atoms with Crippen molar-refractivity contribution < 1.29 is 0 Å². The van der Waals surface area contributed by atoms with E-state index in [-0.39, 0.29) is 0 Å². The quantitative estimate of drug-likeness (QED) is 0.685. The predicted octanol–water partition coefficient (Wildman–Crippen LogP) is 2.79. The highest BCUT2D eigenvalue weighted by Gasteiger charge is 2.03. The molecule has 0 N–H and O–H groups in total. The summed E-state index contributed by atoms with van der Waals surface area (Å²) in [5.41, 5.74) is 1.36. The van der Waals surface area contributed by atoms with Gasteiger partial charge in [-0.05, 0) is 20.1 Å². The molecule has 0 saturated carbocycles. The van der Waals surface area contributed by atoms with Gasteiger partial charge in [-0.3, -0.25) is 0 Å². The van der Waals surface area contributed by atoms with E-state index in [4.69, 9.17) is 0 Å².